The normalized spacial score (nSPS) is 20.1. The molecule has 0 aliphatic carbocycles. The first-order valence-electron chi connectivity index (χ1n) is 24.0. The first-order valence-corrected chi connectivity index (χ1v) is 25.4. The third-order valence-electron chi connectivity index (χ3n) is 11.6. The van der Waals surface area contributed by atoms with Gasteiger partial charge in [0.2, 0.25) is 12.1 Å². The minimum absolute atomic E-state index is 0.245. The van der Waals surface area contributed by atoms with Gasteiger partial charge in [0.05, 0.1) is 13.2 Å². The highest BCUT2D eigenvalue weighted by Crippen LogP contribution is 2.42. The van der Waals surface area contributed by atoms with Crippen molar-refractivity contribution in [2.24, 2.45) is 0 Å². The summed E-state index contributed by atoms with van der Waals surface area (Å²) < 4.78 is 26.5. The Morgan fingerprint density at radius 3 is 1.03 bits per heavy atom. The van der Waals surface area contributed by atoms with Crippen LogP contribution in [0.15, 0.2) is 116 Å². The standard InChI is InChI=1S/C55H89O8P/c1-42(2)21-12-22-43(3)23-13-24-44(4)25-14-26-45(5)27-15-28-46(6)29-16-30-47(7)31-17-32-48(8)33-18-34-49(9)35-19-36-50(10)37-20-38-51(11)39-40-61-64(59,60)63-55-54(58)53(57)52(41-56)62-55/h21,23,25,27,29,31,33,35,37,39,52-53,55-57H,12-20,22,24,26,28,30,32,34,36,38,40-41H2,1-11H3,(H,59,60)/p-1/b43-23+,44-25-,45-27-,46-29-,47-31-,48-33-,49-35-,50-37-,51-39-/t52-,53-,55+/m1/s1. The average molecular weight is 908 g/mol. The molecule has 0 amide bonds. The molecule has 0 aromatic heterocycles. The van der Waals surface area contributed by atoms with Gasteiger partial charge in [-0.3, -0.25) is 13.9 Å². The topological polar surface area (TPSA) is 125 Å². The Morgan fingerprint density at radius 2 is 0.781 bits per heavy atom. The molecule has 9 heteroatoms. The summed E-state index contributed by atoms with van der Waals surface area (Å²) in [5.41, 5.74) is 14.1. The van der Waals surface area contributed by atoms with E-state index in [0.29, 0.717) is 0 Å². The molecule has 2 N–H and O–H groups in total. The fourth-order valence-corrected chi connectivity index (χ4v) is 7.84. The van der Waals surface area contributed by atoms with E-state index in [1.807, 2.05) is 6.92 Å². The van der Waals surface area contributed by atoms with Crippen LogP contribution < -0.4 is 4.89 Å². The van der Waals surface area contributed by atoms with Crippen LogP contribution in [-0.4, -0.2) is 47.7 Å². The van der Waals surface area contributed by atoms with Crippen molar-refractivity contribution >= 4 is 13.6 Å². The molecular formula is C55H88O8P-. The number of ether oxygens (including phenoxy) is 1. The third-order valence-corrected chi connectivity index (χ3v) is 12.5. The van der Waals surface area contributed by atoms with Crippen LogP contribution in [-0.2, 0) is 23.1 Å². The predicted octanol–water partition coefficient (Wildman–Crippen LogP) is 14.6. The lowest BCUT2D eigenvalue weighted by molar-refractivity contribution is -0.241. The second-order valence-electron chi connectivity index (χ2n) is 18.5. The highest BCUT2D eigenvalue weighted by molar-refractivity contribution is 7.45. The molecule has 0 saturated carbocycles. The Bertz CT molecular complexity index is 1760. The number of aliphatic hydroxyl groups excluding tert-OH is 2. The van der Waals surface area contributed by atoms with Gasteiger partial charge in [0.25, 0.3) is 7.82 Å². The van der Waals surface area contributed by atoms with E-state index in [0.717, 1.165) is 115 Å². The molecule has 0 aromatic carbocycles. The lowest BCUT2D eigenvalue weighted by atomic mass is 10.0. The van der Waals surface area contributed by atoms with Crippen LogP contribution in [0.1, 0.15) is 192 Å². The van der Waals surface area contributed by atoms with Crippen LogP contribution in [0.2, 0.25) is 0 Å². The molecule has 0 radical (unpaired) electrons. The molecule has 1 rings (SSSR count). The van der Waals surface area contributed by atoms with Crippen LogP contribution >= 0.6 is 7.82 Å². The van der Waals surface area contributed by atoms with Crippen molar-refractivity contribution in [3.05, 3.63) is 116 Å². The summed E-state index contributed by atoms with van der Waals surface area (Å²) in [7, 11) is -4.86. The number of rotatable bonds is 33. The lowest BCUT2D eigenvalue weighted by Crippen LogP contribution is -2.30. The van der Waals surface area contributed by atoms with Crippen molar-refractivity contribution in [1.29, 1.82) is 0 Å². The molecule has 1 saturated heterocycles. The number of ketones is 1. The summed E-state index contributed by atoms with van der Waals surface area (Å²) >= 11 is 0. The molecule has 0 aromatic rings. The number of hydrogen-bond acceptors (Lipinski definition) is 8. The number of aliphatic hydroxyl groups is 2. The number of Topliss-reactive ketones (excluding diaryl/α,β-unsaturated/α-hetero) is 1. The third kappa shape index (κ3) is 30.3. The maximum absolute atomic E-state index is 12.1. The van der Waals surface area contributed by atoms with Crippen molar-refractivity contribution in [1.82, 2.24) is 0 Å². The minimum atomic E-state index is -4.86. The molecular weight excluding hydrogens is 820 g/mol. The Hall–Kier alpha value is -2.94. The quantitative estimate of drug-likeness (QED) is 0.0493. The molecule has 1 heterocycles. The Kier molecular flexibility index (Phi) is 31.7. The second kappa shape index (κ2) is 34.4. The highest BCUT2D eigenvalue weighted by Gasteiger charge is 2.44. The monoisotopic (exact) mass is 908 g/mol. The lowest BCUT2D eigenvalue weighted by Gasteiger charge is -2.24. The first kappa shape index (κ1) is 59.1. The van der Waals surface area contributed by atoms with E-state index in [2.05, 4.69) is 128 Å². The van der Waals surface area contributed by atoms with Gasteiger partial charge in [0, 0.05) is 0 Å². The van der Waals surface area contributed by atoms with Gasteiger partial charge in [-0.05, 0) is 192 Å². The van der Waals surface area contributed by atoms with E-state index in [1.54, 1.807) is 6.08 Å². The van der Waals surface area contributed by atoms with Crippen LogP contribution in [0.3, 0.4) is 0 Å². The van der Waals surface area contributed by atoms with E-state index >= 15 is 0 Å². The average Bonchev–Trinajstić information content (AvgIpc) is 3.47. The number of carbonyl (C=O) groups excluding carboxylic acids is 1. The van der Waals surface area contributed by atoms with Crippen molar-refractivity contribution in [3.63, 3.8) is 0 Å². The fraction of sp³-hybridized carbons (Fsp3) is 0.618. The van der Waals surface area contributed by atoms with Gasteiger partial charge in [-0.2, -0.15) is 0 Å². The number of phosphoric ester groups is 1. The molecule has 8 nitrogen and oxygen atoms in total. The molecule has 64 heavy (non-hydrogen) atoms. The Morgan fingerprint density at radius 1 is 0.516 bits per heavy atom. The maximum Gasteiger partial charge on any atom is 0.270 e. The van der Waals surface area contributed by atoms with Crippen LogP contribution in [0.25, 0.3) is 0 Å². The number of hydrogen-bond donors (Lipinski definition) is 2. The van der Waals surface area contributed by atoms with E-state index in [-0.39, 0.29) is 6.61 Å². The molecule has 0 spiro atoms. The van der Waals surface area contributed by atoms with E-state index in [4.69, 9.17) is 14.4 Å². The van der Waals surface area contributed by atoms with Gasteiger partial charge < -0.3 is 24.4 Å². The number of phosphoric acid groups is 1. The van der Waals surface area contributed by atoms with Gasteiger partial charge in [-0.25, -0.2) is 0 Å². The van der Waals surface area contributed by atoms with Gasteiger partial charge in [0.1, 0.15) is 12.2 Å². The number of carbonyl (C=O) groups is 1. The second-order valence-corrected chi connectivity index (χ2v) is 19.8. The maximum atomic E-state index is 12.1. The Labute approximate surface area is 390 Å². The fourth-order valence-electron chi connectivity index (χ4n) is 7.14. The molecule has 1 aliphatic heterocycles. The summed E-state index contributed by atoms with van der Waals surface area (Å²) in [5, 5.41) is 18.8. The molecule has 1 unspecified atom stereocenters. The molecule has 4 atom stereocenters. The molecule has 1 aliphatic rings. The summed E-state index contributed by atoms with van der Waals surface area (Å²) in [6.07, 6.45) is 37.8. The van der Waals surface area contributed by atoms with Crippen molar-refractivity contribution < 1.29 is 38.3 Å². The minimum Gasteiger partial charge on any atom is -0.756 e. The SMILES string of the molecule is CC(C)=CCC/C(C)=C/CC/C(C)=C\CC/C(C)=C\CC/C(C)=C\CC/C(C)=C\CC/C(C)=C\CC/C(C)=C\CC/C(C)=C\CC/C(C)=C\COP(=O)([O-])O[C@@H]1O[C@H](CO)[C@@H](O)C1=O. The largest absolute Gasteiger partial charge is 0.756 e. The van der Waals surface area contributed by atoms with Crippen molar-refractivity contribution in [3.8, 4) is 0 Å². The van der Waals surface area contributed by atoms with Crippen molar-refractivity contribution in [2.45, 2.75) is 210 Å². The zero-order valence-corrected chi connectivity index (χ0v) is 42.8. The summed E-state index contributed by atoms with van der Waals surface area (Å²) in [4.78, 5) is 24.0. The van der Waals surface area contributed by atoms with Crippen LogP contribution in [0, 0.1) is 0 Å². The smallest absolute Gasteiger partial charge is 0.270 e. The van der Waals surface area contributed by atoms with E-state index in [1.165, 1.54) is 56.6 Å². The summed E-state index contributed by atoms with van der Waals surface area (Å²) in [6.45, 7) is 23.3. The van der Waals surface area contributed by atoms with Crippen LogP contribution in [0.5, 0.6) is 0 Å². The van der Waals surface area contributed by atoms with Crippen LogP contribution in [0.4, 0.5) is 0 Å². The molecule has 0 bridgehead atoms. The highest BCUT2D eigenvalue weighted by atomic mass is 31.2. The predicted molar refractivity (Wildman–Crippen MR) is 268 cm³/mol. The van der Waals surface area contributed by atoms with Gasteiger partial charge in [-0.15, -0.1) is 0 Å². The summed E-state index contributed by atoms with van der Waals surface area (Å²) in [5.74, 6) is -0.971. The number of allylic oxidation sites excluding steroid dienone is 19. The van der Waals surface area contributed by atoms with E-state index < -0.39 is 38.7 Å². The zero-order valence-electron chi connectivity index (χ0n) is 41.9. The first-order chi connectivity index (χ1) is 30.3. The van der Waals surface area contributed by atoms with E-state index in [9.17, 15) is 19.4 Å². The zero-order chi connectivity index (χ0) is 47.9. The Balaban J connectivity index is 2.25. The molecule has 362 valence electrons. The van der Waals surface area contributed by atoms with Gasteiger partial charge >= 0.3 is 0 Å². The van der Waals surface area contributed by atoms with Gasteiger partial charge in [0.15, 0.2) is 0 Å². The molecule has 1 fully saturated rings. The van der Waals surface area contributed by atoms with Crippen molar-refractivity contribution in [2.75, 3.05) is 13.2 Å². The van der Waals surface area contributed by atoms with Gasteiger partial charge in [-0.1, -0.05) is 116 Å². The summed E-state index contributed by atoms with van der Waals surface area (Å²) in [6, 6.07) is 0.